The molecule has 6 heteroatoms. The molecule has 1 aromatic carbocycles. The van der Waals surface area contributed by atoms with Gasteiger partial charge in [-0.3, -0.25) is 9.59 Å². The monoisotopic (exact) mass is 366 g/mol. The molecule has 0 amide bonds. The predicted molar refractivity (Wildman–Crippen MR) is 94.8 cm³/mol. The quantitative estimate of drug-likeness (QED) is 0.766. The molecular formula is C19H26O5S. The van der Waals surface area contributed by atoms with Crippen LogP contribution in [0.2, 0.25) is 0 Å². The molecule has 3 atom stereocenters. The third-order valence-electron chi connectivity index (χ3n) is 5.17. The lowest BCUT2D eigenvalue weighted by molar-refractivity contribution is -0.162. The molecule has 0 aromatic heterocycles. The molecule has 1 aliphatic carbocycles. The fourth-order valence-electron chi connectivity index (χ4n) is 3.65. The average molecular weight is 366 g/mol. The molecule has 5 nitrogen and oxygen atoms in total. The summed E-state index contributed by atoms with van der Waals surface area (Å²) >= 11 is 0. The highest BCUT2D eigenvalue weighted by Crippen LogP contribution is 2.44. The van der Waals surface area contributed by atoms with Crippen molar-refractivity contribution in [1.82, 2.24) is 0 Å². The molecule has 0 radical (unpaired) electrons. The Morgan fingerprint density at radius 2 is 1.80 bits per heavy atom. The number of carbonyl (C=O) groups is 2. The second-order valence-electron chi connectivity index (χ2n) is 7.68. The van der Waals surface area contributed by atoms with Crippen molar-refractivity contribution in [2.75, 3.05) is 5.75 Å². The molecule has 1 aliphatic rings. The summed E-state index contributed by atoms with van der Waals surface area (Å²) in [6.07, 6.45) is -0.454. The Kier molecular flexibility index (Phi) is 5.42. The van der Waals surface area contributed by atoms with Crippen molar-refractivity contribution in [3.05, 3.63) is 29.8 Å². The zero-order chi connectivity index (χ0) is 19.0. The van der Waals surface area contributed by atoms with Crippen LogP contribution in [0.1, 0.15) is 39.7 Å². The number of aryl methyl sites for hydroxylation is 1. The molecule has 2 rings (SSSR count). The van der Waals surface area contributed by atoms with Crippen molar-refractivity contribution >= 4 is 21.6 Å². The van der Waals surface area contributed by atoms with Gasteiger partial charge in [-0.25, -0.2) is 8.42 Å². The number of esters is 1. The molecule has 0 aliphatic heterocycles. The average Bonchev–Trinajstić information content (AvgIpc) is 2.49. The summed E-state index contributed by atoms with van der Waals surface area (Å²) in [7, 11) is -3.50. The van der Waals surface area contributed by atoms with Crippen LogP contribution in [0.4, 0.5) is 0 Å². The third kappa shape index (κ3) is 4.29. The summed E-state index contributed by atoms with van der Waals surface area (Å²) in [5.41, 5.74) is 0.551. The standard InChI is InChI=1S/C19H26O5S/c1-12-6-8-15(9-7-12)25(22,23)11-16-13(2)18(21)17(24-14(3)20)10-19(16,4)5/h6-9,13,16-17H,10-11H2,1-5H3. The van der Waals surface area contributed by atoms with Crippen molar-refractivity contribution in [2.24, 2.45) is 17.3 Å². The van der Waals surface area contributed by atoms with Crippen molar-refractivity contribution in [1.29, 1.82) is 0 Å². The smallest absolute Gasteiger partial charge is 0.303 e. The van der Waals surface area contributed by atoms with E-state index in [4.69, 9.17) is 4.74 Å². The van der Waals surface area contributed by atoms with Gasteiger partial charge in [0.15, 0.2) is 21.7 Å². The Hall–Kier alpha value is -1.69. The lowest BCUT2D eigenvalue weighted by atomic mass is 9.63. The first-order valence-electron chi connectivity index (χ1n) is 8.44. The lowest BCUT2D eigenvalue weighted by Crippen LogP contribution is -2.50. The molecule has 3 unspecified atom stereocenters. The first kappa shape index (κ1) is 19.6. The highest BCUT2D eigenvalue weighted by molar-refractivity contribution is 7.91. The largest absolute Gasteiger partial charge is 0.455 e. The Bertz CT molecular complexity index is 762. The number of benzene rings is 1. The van der Waals surface area contributed by atoms with E-state index in [-0.39, 0.29) is 22.3 Å². The van der Waals surface area contributed by atoms with Gasteiger partial charge in [-0.15, -0.1) is 0 Å². The number of rotatable bonds is 4. The van der Waals surface area contributed by atoms with Crippen LogP contribution in [0.15, 0.2) is 29.2 Å². The first-order chi connectivity index (χ1) is 11.4. The second-order valence-corrected chi connectivity index (χ2v) is 9.72. The fraction of sp³-hybridized carbons (Fsp3) is 0.579. The molecule has 0 spiro atoms. The minimum Gasteiger partial charge on any atom is -0.455 e. The maximum absolute atomic E-state index is 12.8. The summed E-state index contributed by atoms with van der Waals surface area (Å²) in [6, 6.07) is 6.75. The van der Waals surface area contributed by atoms with E-state index < -0.39 is 33.2 Å². The third-order valence-corrected chi connectivity index (χ3v) is 6.96. The summed E-state index contributed by atoms with van der Waals surface area (Å²) in [5.74, 6) is -1.61. The van der Waals surface area contributed by atoms with Crippen LogP contribution >= 0.6 is 0 Å². The summed E-state index contributed by atoms with van der Waals surface area (Å²) < 4.78 is 30.8. The number of ether oxygens (including phenoxy) is 1. The van der Waals surface area contributed by atoms with E-state index in [0.717, 1.165) is 5.56 Å². The van der Waals surface area contributed by atoms with Gasteiger partial charge >= 0.3 is 5.97 Å². The van der Waals surface area contributed by atoms with Crippen LogP contribution < -0.4 is 0 Å². The van der Waals surface area contributed by atoms with Gasteiger partial charge in [0.1, 0.15) is 0 Å². The molecule has 138 valence electrons. The Morgan fingerprint density at radius 3 is 2.32 bits per heavy atom. The zero-order valence-corrected chi connectivity index (χ0v) is 16.2. The lowest BCUT2D eigenvalue weighted by Gasteiger charge is -2.44. The van der Waals surface area contributed by atoms with Gasteiger partial charge in [0.05, 0.1) is 10.6 Å². The summed E-state index contributed by atoms with van der Waals surface area (Å²) in [6.45, 7) is 8.77. The second kappa shape index (κ2) is 6.90. The number of Topliss-reactive ketones (excluding diaryl/α,β-unsaturated/α-hetero) is 1. The number of sulfone groups is 1. The van der Waals surface area contributed by atoms with Crippen molar-refractivity contribution in [3.63, 3.8) is 0 Å². The van der Waals surface area contributed by atoms with Crippen LogP contribution in [0.5, 0.6) is 0 Å². The van der Waals surface area contributed by atoms with Crippen molar-refractivity contribution in [3.8, 4) is 0 Å². The molecule has 0 N–H and O–H groups in total. The molecule has 1 aromatic rings. The number of hydrogen-bond acceptors (Lipinski definition) is 5. The van der Waals surface area contributed by atoms with E-state index in [2.05, 4.69) is 0 Å². The maximum Gasteiger partial charge on any atom is 0.303 e. The molecule has 0 saturated heterocycles. The SMILES string of the molecule is CC(=O)OC1CC(C)(C)C(CS(=O)(=O)c2ccc(C)cc2)C(C)C1=O. The molecule has 0 bridgehead atoms. The van der Waals surface area contributed by atoms with Gasteiger partial charge in [-0.1, -0.05) is 38.5 Å². The van der Waals surface area contributed by atoms with Gasteiger partial charge in [-0.05, 0) is 36.8 Å². The highest BCUT2D eigenvalue weighted by atomic mass is 32.2. The zero-order valence-electron chi connectivity index (χ0n) is 15.4. The van der Waals surface area contributed by atoms with Crippen LogP contribution in [-0.4, -0.2) is 32.0 Å². The van der Waals surface area contributed by atoms with Crippen LogP contribution in [0, 0.1) is 24.2 Å². The van der Waals surface area contributed by atoms with E-state index in [0.29, 0.717) is 6.42 Å². The number of hydrogen-bond donors (Lipinski definition) is 0. The van der Waals surface area contributed by atoms with Gasteiger partial charge in [0, 0.05) is 12.8 Å². The molecule has 1 fully saturated rings. The predicted octanol–water partition coefficient (Wildman–Crippen LogP) is 2.95. The van der Waals surface area contributed by atoms with Crippen molar-refractivity contribution in [2.45, 2.75) is 52.0 Å². The Balaban J connectivity index is 2.27. The Labute approximate surface area is 149 Å². The van der Waals surface area contributed by atoms with Crippen LogP contribution in [0.25, 0.3) is 0 Å². The summed E-state index contributed by atoms with van der Waals surface area (Å²) in [5, 5.41) is 0. The van der Waals surface area contributed by atoms with Crippen LogP contribution in [0.3, 0.4) is 0 Å². The van der Waals surface area contributed by atoms with Gasteiger partial charge in [0.2, 0.25) is 0 Å². The fourth-order valence-corrected chi connectivity index (χ4v) is 5.60. The first-order valence-corrected chi connectivity index (χ1v) is 10.1. The van der Waals surface area contributed by atoms with E-state index in [1.54, 1.807) is 31.2 Å². The van der Waals surface area contributed by atoms with Gasteiger partial charge < -0.3 is 4.74 Å². The molecule has 0 heterocycles. The van der Waals surface area contributed by atoms with Gasteiger partial charge in [-0.2, -0.15) is 0 Å². The molecule has 1 saturated carbocycles. The Morgan fingerprint density at radius 1 is 1.24 bits per heavy atom. The van der Waals surface area contributed by atoms with Crippen molar-refractivity contribution < 1.29 is 22.7 Å². The normalized spacial score (nSPS) is 26.3. The van der Waals surface area contributed by atoms with E-state index in [1.807, 2.05) is 20.8 Å². The highest BCUT2D eigenvalue weighted by Gasteiger charge is 2.49. The topological polar surface area (TPSA) is 77.5 Å². The molecule has 25 heavy (non-hydrogen) atoms. The minimum absolute atomic E-state index is 0.0945. The van der Waals surface area contributed by atoms with Crippen LogP contribution in [-0.2, 0) is 24.2 Å². The summed E-state index contributed by atoms with van der Waals surface area (Å²) in [4.78, 5) is 24.1. The van der Waals surface area contributed by atoms with E-state index in [9.17, 15) is 18.0 Å². The van der Waals surface area contributed by atoms with E-state index >= 15 is 0 Å². The van der Waals surface area contributed by atoms with E-state index in [1.165, 1.54) is 6.92 Å². The number of carbonyl (C=O) groups excluding carboxylic acids is 2. The molecular weight excluding hydrogens is 340 g/mol. The maximum atomic E-state index is 12.8. The number of ketones is 1. The minimum atomic E-state index is -3.50. The van der Waals surface area contributed by atoms with Gasteiger partial charge in [0.25, 0.3) is 0 Å².